The quantitative estimate of drug-likeness (QED) is 0.835. The lowest BCUT2D eigenvalue weighted by Gasteiger charge is -2.41. The van der Waals surface area contributed by atoms with Crippen LogP contribution in [0.1, 0.15) is 37.9 Å². The number of hydrogen-bond donors (Lipinski definition) is 1. The SMILES string of the molecule is CC(=O)N1c2ccc(F)cc2CC(C)[C@@H]1C1CC1.N#Cc1ccnc(N)n1. The molecular weight excluding hydrogens is 345 g/mol. The summed E-state index contributed by atoms with van der Waals surface area (Å²) in [7, 11) is 0. The number of rotatable bonds is 1. The molecule has 1 fully saturated rings. The van der Waals surface area contributed by atoms with Crippen molar-refractivity contribution in [3.8, 4) is 6.07 Å². The van der Waals surface area contributed by atoms with Gasteiger partial charge in [-0.3, -0.25) is 4.79 Å². The number of carbonyl (C=O) groups is 1. The number of amides is 1. The molecule has 1 aliphatic heterocycles. The zero-order chi connectivity index (χ0) is 19.6. The lowest BCUT2D eigenvalue weighted by Crippen LogP contribution is -2.48. The predicted octanol–water partition coefficient (Wildman–Crippen LogP) is 3.08. The summed E-state index contributed by atoms with van der Waals surface area (Å²) in [6.07, 6.45) is 4.75. The summed E-state index contributed by atoms with van der Waals surface area (Å²) in [4.78, 5) is 21.1. The second-order valence-electron chi connectivity index (χ2n) is 7.08. The first-order chi connectivity index (χ1) is 12.9. The number of nitriles is 1. The number of nitrogen functional groups attached to an aromatic ring is 1. The smallest absolute Gasteiger partial charge is 0.224 e. The van der Waals surface area contributed by atoms with E-state index in [-0.39, 0.29) is 17.7 Å². The van der Waals surface area contributed by atoms with Crippen LogP contribution in [0.4, 0.5) is 16.0 Å². The van der Waals surface area contributed by atoms with E-state index in [9.17, 15) is 9.18 Å². The van der Waals surface area contributed by atoms with Crippen molar-refractivity contribution in [1.29, 1.82) is 5.26 Å². The molecular formula is C20H22FN5O. The van der Waals surface area contributed by atoms with Crippen LogP contribution < -0.4 is 10.6 Å². The molecule has 0 spiro atoms. The molecule has 0 radical (unpaired) electrons. The second kappa shape index (κ2) is 7.70. The molecule has 2 heterocycles. The van der Waals surface area contributed by atoms with E-state index in [1.165, 1.54) is 31.2 Å². The van der Waals surface area contributed by atoms with Crippen LogP contribution in [0.25, 0.3) is 0 Å². The van der Waals surface area contributed by atoms with Gasteiger partial charge in [-0.25, -0.2) is 14.4 Å². The normalized spacial score (nSPS) is 20.7. The number of nitrogens with zero attached hydrogens (tertiary/aromatic N) is 4. The highest BCUT2D eigenvalue weighted by Gasteiger charge is 2.43. The topological polar surface area (TPSA) is 95.9 Å². The van der Waals surface area contributed by atoms with E-state index in [0.29, 0.717) is 23.6 Å². The van der Waals surface area contributed by atoms with Crippen molar-refractivity contribution in [2.75, 3.05) is 10.6 Å². The highest BCUT2D eigenvalue weighted by atomic mass is 19.1. The Hall–Kier alpha value is -3.01. The highest BCUT2D eigenvalue weighted by molar-refractivity contribution is 5.93. The standard InChI is InChI=1S/C15H18FNO.C5H4N4/c1-9-7-12-8-13(16)5-6-14(12)17(10(2)18)15(9)11-3-4-11;6-3-4-1-2-8-5(7)9-4/h5-6,8-9,11,15H,3-4,7H2,1-2H3;1-2H,(H2,7,8,9)/t9?,15-;/m1./s1. The summed E-state index contributed by atoms with van der Waals surface area (Å²) in [5.74, 6) is 1.05. The monoisotopic (exact) mass is 367 g/mol. The van der Waals surface area contributed by atoms with E-state index >= 15 is 0 Å². The van der Waals surface area contributed by atoms with Gasteiger partial charge in [0.15, 0.2) is 0 Å². The van der Waals surface area contributed by atoms with E-state index in [1.807, 2.05) is 11.0 Å². The third kappa shape index (κ3) is 4.22. The maximum absolute atomic E-state index is 13.3. The molecule has 6 nitrogen and oxygen atoms in total. The van der Waals surface area contributed by atoms with Crippen molar-refractivity contribution in [2.24, 2.45) is 11.8 Å². The number of halogens is 1. The number of hydrogen-bond acceptors (Lipinski definition) is 5. The molecule has 1 aliphatic carbocycles. The van der Waals surface area contributed by atoms with Gasteiger partial charge in [0.25, 0.3) is 0 Å². The number of nitrogens with two attached hydrogens (primary N) is 1. The fourth-order valence-electron chi connectivity index (χ4n) is 3.76. The summed E-state index contributed by atoms with van der Waals surface area (Å²) in [6, 6.07) is 8.42. The second-order valence-corrected chi connectivity index (χ2v) is 7.08. The summed E-state index contributed by atoms with van der Waals surface area (Å²) < 4.78 is 13.3. The minimum atomic E-state index is -0.214. The van der Waals surface area contributed by atoms with Gasteiger partial charge < -0.3 is 10.6 Å². The number of anilines is 2. The Morgan fingerprint density at radius 3 is 2.67 bits per heavy atom. The lowest BCUT2D eigenvalue weighted by molar-refractivity contribution is -0.117. The molecule has 2 aromatic rings. The molecule has 1 aromatic heterocycles. The molecule has 0 bridgehead atoms. The van der Waals surface area contributed by atoms with Gasteiger partial charge in [-0.05, 0) is 60.9 Å². The van der Waals surface area contributed by atoms with Gasteiger partial charge in [0.2, 0.25) is 11.9 Å². The molecule has 7 heteroatoms. The molecule has 2 atom stereocenters. The average molecular weight is 367 g/mol. The zero-order valence-electron chi connectivity index (χ0n) is 15.4. The van der Waals surface area contributed by atoms with Crippen molar-refractivity contribution in [3.05, 3.63) is 47.5 Å². The van der Waals surface area contributed by atoms with Crippen LogP contribution in [-0.2, 0) is 11.2 Å². The van der Waals surface area contributed by atoms with Gasteiger partial charge in [-0.1, -0.05) is 6.92 Å². The van der Waals surface area contributed by atoms with Crippen molar-refractivity contribution >= 4 is 17.5 Å². The number of aromatic nitrogens is 2. The lowest BCUT2D eigenvalue weighted by atomic mass is 9.84. The molecule has 1 unspecified atom stereocenters. The van der Waals surface area contributed by atoms with Crippen LogP contribution in [0.15, 0.2) is 30.5 Å². The van der Waals surface area contributed by atoms with Gasteiger partial charge in [-0.15, -0.1) is 0 Å². The predicted molar refractivity (Wildman–Crippen MR) is 100 cm³/mol. The molecule has 1 aromatic carbocycles. The Balaban J connectivity index is 0.000000197. The number of carbonyl (C=O) groups excluding carboxylic acids is 1. The minimum Gasteiger partial charge on any atom is -0.368 e. The van der Waals surface area contributed by atoms with Crippen molar-refractivity contribution in [3.63, 3.8) is 0 Å². The largest absolute Gasteiger partial charge is 0.368 e. The molecule has 1 saturated carbocycles. The van der Waals surface area contributed by atoms with E-state index < -0.39 is 0 Å². The first kappa shape index (κ1) is 18.8. The Morgan fingerprint density at radius 1 is 1.37 bits per heavy atom. The molecule has 27 heavy (non-hydrogen) atoms. The fourth-order valence-corrected chi connectivity index (χ4v) is 3.76. The summed E-state index contributed by atoms with van der Waals surface area (Å²) in [5, 5.41) is 8.27. The molecule has 4 rings (SSSR count). The Labute approximate surface area is 157 Å². The number of benzene rings is 1. The highest BCUT2D eigenvalue weighted by Crippen LogP contribution is 2.45. The Morgan fingerprint density at radius 2 is 2.11 bits per heavy atom. The van der Waals surface area contributed by atoms with Gasteiger partial charge in [0.1, 0.15) is 17.6 Å². The van der Waals surface area contributed by atoms with Crippen LogP contribution >= 0.6 is 0 Å². The van der Waals surface area contributed by atoms with Crippen molar-refractivity contribution in [2.45, 2.75) is 39.2 Å². The van der Waals surface area contributed by atoms with Crippen molar-refractivity contribution < 1.29 is 9.18 Å². The summed E-state index contributed by atoms with van der Waals surface area (Å²) in [6.45, 7) is 3.79. The van der Waals surface area contributed by atoms with Crippen LogP contribution in [0, 0.1) is 29.0 Å². The third-order valence-electron chi connectivity index (χ3n) is 4.96. The van der Waals surface area contributed by atoms with Gasteiger partial charge >= 0.3 is 0 Å². The third-order valence-corrected chi connectivity index (χ3v) is 4.96. The maximum atomic E-state index is 13.3. The summed E-state index contributed by atoms with van der Waals surface area (Å²) >= 11 is 0. The van der Waals surface area contributed by atoms with Gasteiger partial charge in [-0.2, -0.15) is 5.26 Å². The van der Waals surface area contributed by atoms with Crippen LogP contribution in [0.2, 0.25) is 0 Å². The Kier molecular flexibility index (Phi) is 5.36. The molecule has 1 amide bonds. The van der Waals surface area contributed by atoms with E-state index in [4.69, 9.17) is 11.0 Å². The van der Waals surface area contributed by atoms with E-state index in [2.05, 4.69) is 16.9 Å². The van der Waals surface area contributed by atoms with E-state index in [1.54, 1.807) is 19.1 Å². The molecule has 2 N–H and O–H groups in total. The van der Waals surface area contributed by atoms with Crippen LogP contribution in [0.3, 0.4) is 0 Å². The minimum absolute atomic E-state index is 0.0753. The molecule has 0 saturated heterocycles. The molecule has 2 aliphatic rings. The van der Waals surface area contributed by atoms with Crippen LogP contribution in [-0.4, -0.2) is 21.9 Å². The van der Waals surface area contributed by atoms with Gasteiger partial charge in [0.05, 0.1) is 0 Å². The zero-order valence-corrected chi connectivity index (χ0v) is 15.4. The summed E-state index contributed by atoms with van der Waals surface area (Å²) in [5.41, 5.74) is 7.34. The van der Waals surface area contributed by atoms with Crippen LogP contribution in [0.5, 0.6) is 0 Å². The Bertz CT molecular complexity index is 890. The number of fused-ring (bicyclic) bond motifs is 1. The van der Waals surface area contributed by atoms with Gasteiger partial charge in [0, 0.05) is 24.8 Å². The maximum Gasteiger partial charge on any atom is 0.224 e. The fraction of sp³-hybridized carbons (Fsp3) is 0.400. The first-order valence-electron chi connectivity index (χ1n) is 8.97. The van der Waals surface area contributed by atoms with E-state index in [0.717, 1.165) is 17.7 Å². The van der Waals surface area contributed by atoms with Crippen molar-refractivity contribution in [1.82, 2.24) is 9.97 Å². The average Bonchev–Trinajstić information content (AvgIpc) is 3.45. The first-order valence-corrected chi connectivity index (χ1v) is 8.97. The molecule has 140 valence electrons.